The molecular weight excluding hydrogens is 319 g/mol. The van der Waals surface area contributed by atoms with E-state index in [4.69, 9.17) is 11.6 Å². The van der Waals surface area contributed by atoms with Crippen LogP contribution in [0.15, 0.2) is 36.4 Å². The number of hydrogen-bond acceptors (Lipinski definition) is 2. The predicted octanol–water partition coefficient (Wildman–Crippen LogP) is 4.63. The second-order valence-corrected chi connectivity index (χ2v) is 5.05. The number of halogens is 4. The zero-order valence-corrected chi connectivity index (χ0v) is 12.1. The van der Waals surface area contributed by atoms with Crippen LogP contribution in [0.5, 0.6) is 5.75 Å². The molecule has 0 aliphatic rings. The van der Waals surface area contributed by atoms with E-state index in [1.165, 1.54) is 12.1 Å². The van der Waals surface area contributed by atoms with Crippen LogP contribution >= 0.6 is 11.6 Å². The monoisotopic (exact) mass is 329 g/mol. The molecule has 2 rings (SSSR count). The normalized spacial score (nSPS) is 11.3. The Morgan fingerprint density at radius 2 is 1.77 bits per heavy atom. The molecule has 0 heterocycles. The molecule has 116 valence electrons. The molecule has 0 saturated heterocycles. The van der Waals surface area contributed by atoms with E-state index in [0.717, 1.165) is 24.3 Å². The molecule has 0 bridgehead atoms. The highest BCUT2D eigenvalue weighted by atomic mass is 35.5. The van der Waals surface area contributed by atoms with Crippen molar-refractivity contribution in [2.45, 2.75) is 13.1 Å². The molecule has 3 nitrogen and oxygen atoms in total. The summed E-state index contributed by atoms with van der Waals surface area (Å²) in [6.45, 7) is 1.66. The number of carbonyl (C=O) groups excluding carboxylic acids is 1. The van der Waals surface area contributed by atoms with E-state index in [9.17, 15) is 23.1 Å². The first kappa shape index (κ1) is 16.2. The summed E-state index contributed by atoms with van der Waals surface area (Å²) in [7, 11) is 0. The number of aryl methyl sites for hydroxylation is 1. The summed E-state index contributed by atoms with van der Waals surface area (Å²) < 4.78 is 37.3. The molecule has 0 saturated carbocycles. The van der Waals surface area contributed by atoms with Crippen molar-refractivity contribution in [3.63, 3.8) is 0 Å². The fourth-order valence-electron chi connectivity index (χ4n) is 1.79. The van der Waals surface area contributed by atoms with E-state index < -0.39 is 17.6 Å². The number of nitrogens with one attached hydrogen (secondary N) is 1. The number of alkyl halides is 3. The van der Waals surface area contributed by atoms with Crippen molar-refractivity contribution in [3.8, 4) is 5.75 Å². The van der Waals surface area contributed by atoms with Crippen molar-refractivity contribution in [1.82, 2.24) is 0 Å². The van der Waals surface area contributed by atoms with Crippen LogP contribution in [0.3, 0.4) is 0 Å². The number of aromatic hydroxyl groups is 1. The van der Waals surface area contributed by atoms with Gasteiger partial charge < -0.3 is 10.4 Å². The van der Waals surface area contributed by atoms with Gasteiger partial charge in [0.2, 0.25) is 0 Å². The highest BCUT2D eigenvalue weighted by molar-refractivity contribution is 6.31. The van der Waals surface area contributed by atoms with Crippen LogP contribution in [0.2, 0.25) is 5.02 Å². The van der Waals surface area contributed by atoms with Crippen molar-refractivity contribution < 1.29 is 23.1 Å². The summed E-state index contributed by atoms with van der Waals surface area (Å²) in [5, 5.41) is 12.4. The Morgan fingerprint density at radius 1 is 1.18 bits per heavy atom. The van der Waals surface area contributed by atoms with Crippen LogP contribution in [-0.2, 0) is 6.18 Å². The van der Waals surface area contributed by atoms with E-state index in [1.807, 2.05) is 0 Å². The van der Waals surface area contributed by atoms with Gasteiger partial charge in [0.15, 0.2) is 0 Å². The summed E-state index contributed by atoms with van der Waals surface area (Å²) in [4.78, 5) is 12.0. The maximum Gasteiger partial charge on any atom is 0.416 e. The van der Waals surface area contributed by atoms with Crippen molar-refractivity contribution in [2.75, 3.05) is 5.32 Å². The van der Waals surface area contributed by atoms with Gasteiger partial charge in [-0.2, -0.15) is 13.2 Å². The smallest absolute Gasteiger partial charge is 0.416 e. The molecule has 0 aromatic heterocycles. The number of carbonyl (C=O) groups is 1. The zero-order chi connectivity index (χ0) is 16.5. The molecular formula is C15H11ClF3NO2. The SMILES string of the molecule is Cc1cc(C(=O)Nc2ccc(C(F)(F)F)cc2)c(O)cc1Cl. The number of anilines is 1. The third-order valence-electron chi connectivity index (χ3n) is 2.99. The van der Waals surface area contributed by atoms with E-state index >= 15 is 0 Å². The fourth-order valence-corrected chi connectivity index (χ4v) is 1.95. The summed E-state index contributed by atoms with van der Waals surface area (Å²) in [6.07, 6.45) is -4.44. The summed E-state index contributed by atoms with van der Waals surface area (Å²) >= 11 is 5.81. The second-order valence-electron chi connectivity index (χ2n) is 4.65. The third kappa shape index (κ3) is 3.51. The molecule has 7 heteroatoms. The average molecular weight is 330 g/mol. The van der Waals surface area contributed by atoms with Crippen LogP contribution in [-0.4, -0.2) is 11.0 Å². The van der Waals surface area contributed by atoms with Crippen LogP contribution < -0.4 is 5.32 Å². The Labute approximate surface area is 129 Å². The highest BCUT2D eigenvalue weighted by Crippen LogP contribution is 2.30. The van der Waals surface area contributed by atoms with Crippen LogP contribution in [0, 0.1) is 6.92 Å². The van der Waals surface area contributed by atoms with Crippen LogP contribution in [0.25, 0.3) is 0 Å². The van der Waals surface area contributed by atoms with Gasteiger partial charge >= 0.3 is 6.18 Å². The van der Waals surface area contributed by atoms with Crippen molar-refractivity contribution in [1.29, 1.82) is 0 Å². The second kappa shape index (κ2) is 5.88. The lowest BCUT2D eigenvalue weighted by molar-refractivity contribution is -0.137. The molecule has 0 radical (unpaired) electrons. The van der Waals surface area contributed by atoms with E-state index in [0.29, 0.717) is 10.6 Å². The first-order chi connectivity index (χ1) is 10.2. The molecule has 0 fully saturated rings. The summed E-state index contributed by atoms with van der Waals surface area (Å²) in [5.74, 6) is -0.947. The molecule has 0 spiro atoms. The fraction of sp³-hybridized carbons (Fsp3) is 0.133. The van der Waals surface area contributed by atoms with Crippen LogP contribution in [0.1, 0.15) is 21.5 Å². The zero-order valence-electron chi connectivity index (χ0n) is 11.3. The van der Waals surface area contributed by atoms with Crippen molar-refractivity contribution >= 4 is 23.2 Å². The van der Waals surface area contributed by atoms with Gasteiger partial charge in [-0.05, 0) is 48.9 Å². The number of rotatable bonds is 2. The third-order valence-corrected chi connectivity index (χ3v) is 3.40. The Hall–Kier alpha value is -2.21. The lowest BCUT2D eigenvalue weighted by atomic mass is 10.1. The van der Waals surface area contributed by atoms with Gasteiger partial charge in [-0.25, -0.2) is 0 Å². The first-order valence-corrected chi connectivity index (χ1v) is 6.54. The van der Waals surface area contributed by atoms with Gasteiger partial charge in [0.05, 0.1) is 11.1 Å². The maximum absolute atomic E-state index is 12.4. The molecule has 2 N–H and O–H groups in total. The molecule has 0 unspecified atom stereocenters. The van der Waals surface area contributed by atoms with Gasteiger partial charge in [0, 0.05) is 10.7 Å². The minimum Gasteiger partial charge on any atom is -0.507 e. The molecule has 2 aromatic carbocycles. The molecule has 1 amide bonds. The van der Waals surface area contributed by atoms with E-state index in [2.05, 4.69) is 5.32 Å². The Balaban J connectivity index is 2.21. The van der Waals surface area contributed by atoms with Gasteiger partial charge in [-0.3, -0.25) is 4.79 Å². The van der Waals surface area contributed by atoms with Gasteiger partial charge in [0.1, 0.15) is 5.75 Å². The number of amides is 1. The highest BCUT2D eigenvalue weighted by Gasteiger charge is 2.30. The number of phenolic OH excluding ortho intramolecular Hbond substituents is 1. The molecule has 0 aliphatic carbocycles. The Morgan fingerprint density at radius 3 is 2.32 bits per heavy atom. The minimum absolute atomic E-state index is 0.0122. The molecule has 0 atom stereocenters. The number of hydrogen-bond donors (Lipinski definition) is 2. The summed E-state index contributed by atoms with van der Waals surface area (Å²) in [6, 6.07) is 6.64. The van der Waals surface area contributed by atoms with Gasteiger partial charge in [-0.15, -0.1) is 0 Å². The topological polar surface area (TPSA) is 49.3 Å². The van der Waals surface area contributed by atoms with Crippen molar-refractivity contribution in [3.05, 3.63) is 58.1 Å². The van der Waals surface area contributed by atoms with Crippen LogP contribution in [0.4, 0.5) is 18.9 Å². The Bertz CT molecular complexity index is 712. The molecule has 22 heavy (non-hydrogen) atoms. The van der Waals surface area contributed by atoms with E-state index in [-0.39, 0.29) is 17.0 Å². The first-order valence-electron chi connectivity index (χ1n) is 6.16. The molecule has 2 aromatic rings. The quantitative estimate of drug-likeness (QED) is 0.844. The van der Waals surface area contributed by atoms with E-state index in [1.54, 1.807) is 6.92 Å². The van der Waals surface area contributed by atoms with Crippen molar-refractivity contribution in [2.24, 2.45) is 0 Å². The predicted molar refractivity (Wildman–Crippen MR) is 77.3 cm³/mol. The van der Waals surface area contributed by atoms with Gasteiger partial charge in [-0.1, -0.05) is 11.6 Å². The van der Waals surface area contributed by atoms with Gasteiger partial charge in [0.25, 0.3) is 5.91 Å². The molecule has 0 aliphatic heterocycles. The lowest BCUT2D eigenvalue weighted by Crippen LogP contribution is -2.13. The largest absolute Gasteiger partial charge is 0.507 e. The minimum atomic E-state index is -4.44. The Kier molecular flexibility index (Phi) is 4.32. The summed E-state index contributed by atoms with van der Waals surface area (Å²) in [5.41, 5.74) is -0.0421. The standard InChI is InChI=1S/C15H11ClF3NO2/c1-8-6-11(13(21)7-12(8)16)14(22)20-10-4-2-9(3-5-10)15(17,18)19/h2-7,21H,1H3,(H,20,22). The number of phenols is 1. The average Bonchev–Trinajstić information content (AvgIpc) is 2.42. The lowest BCUT2D eigenvalue weighted by Gasteiger charge is -2.10. The number of benzene rings is 2. The maximum atomic E-state index is 12.4.